The minimum absolute atomic E-state index is 0.0959. The molecule has 0 aliphatic rings. The summed E-state index contributed by atoms with van der Waals surface area (Å²) >= 11 is 0. The Balaban J connectivity index is 2.96. The second-order valence-electron chi connectivity index (χ2n) is 3.90. The van der Waals surface area contributed by atoms with Crippen LogP contribution in [0.25, 0.3) is 0 Å². The lowest BCUT2D eigenvalue weighted by Crippen LogP contribution is -2.18. The minimum atomic E-state index is -0.115. The van der Waals surface area contributed by atoms with Gasteiger partial charge in [-0.05, 0) is 31.0 Å². The maximum absolute atomic E-state index is 11.0. The molecule has 1 unspecified atom stereocenters. The Morgan fingerprint density at radius 2 is 2.25 bits per heavy atom. The number of methoxy groups -OCH3 is 1. The molecule has 1 rings (SSSR count). The van der Waals surface area contributed by atoms with Gasteiger partial charge in [0.25, 0.3) is 0 Å². The van der Waals surface area contributed by atoms with Crippen molar-refractivity contribution in [2.45, 2.75) is 26.3 Å². The highest BCUT2D eigenvalue weighted by atomic mass is 16.5. The number of nitrogens with one attached hydrogen (secondary N) is 1. The van der Waals surface area contributed by atoms with Gasteiger partial charge in [0.2, 0.25) is 5.91 Å². The molecule has 0 saturated heterocycles. The first-order chi connectivity index (χ1) is 7.52. The molecule has 4 nitrogen and oxygen atoms in total. The topological polar surface area (TPSA) is 64.3 Å². The van der Waals surface area contributed by atoms with E-state index in [4.69, 9.17) is 10.5 Å². The highest BCUT2D eigenvalue weighted by Crippen LogP contribution is 2.25. The van der Waals surface area contributed by atoms with Crippen molar-refractivity contribution in [1.82, 2.24) is 0 Å². The third-order valence-corrected chi connectivity index (χ3v) is 2.13. The van der Waals surface area contributed by atoms with Crippen LogP contribution in [0.3, 0.4) is 0 Å². The Kier molecular flexibility index (Phi) is 4.31. The van der Waals surface area contributed by atoms with Crippen LogP contribution in [-0.4, -0.2) is 19.1 Å². The molecule has 0 saturated carbocycles. The molecule has 0 spiro atoms. The second-order valence-corrected chi connectivity index (χ2v) is 3.90. The Morgan fingerprint density at radius 1 is 1.56 bits per heavy atom. The van der Waals surface area contributed by atoms with E-state index >= 15 is 0 Å². The molecule has 1 atom stereocenters. The fourth-order valence-electron chi connectivity index (χ4n) is 1.54. The van der Waals surface area contributed by atoms with Gasteiger partial charge < -0.3 is 15.8 Å². The highest BCUT2D eigenvalue weighted by molar-refractivity contribution is 5.90. The predicted molar refractivity (Wildman–Crippen MR) is 64.7 cm³/mol. The lowest BCUT2D eigenvalue weighted by Gasteiger charge is -2.12. The van der Waals surface area contributed by atoms with E-state index in [0.29, 0.717) is 11.4 Å². The van der Waals surface area contributed by atoms with Crippen molar-refractivity contribution in [3.05, 3.63) is 23.8 Å². The average molecular weight is 222 g/mol. The first-order valence-electron chi connectivity index (χ1n) is 5.23. The quantitative estimate of drug-likeness (QED) is 0.812. The fourth-order valence-corrected chi connectivity index (χ4v) is 1.54. The van der Waals surface area contributed by atoms with E-state index in [1.165, 1.54) is 6.92 Å². The number of carbonyl (C=O) groups is 1. The van der Waals surface area contributed by atoms with Crippen molar-refractivity contribution in [3.8, 4) is 5.75 Å². The van der Waals surface area contributed by atoms with E-state index in [1.54, 1.807) is 7.11 Å². The third kappa shape index (κ3) is 3.55. The zero-order valence-electron chi connectivity index (χ0n) is 9.91. The number of anilines is 1. The molecule has 0 fully saturated rings. The number of ether oxygens (including phenoxy) is 1. The van der Waals surface area contributed by atoms with Crippen LogP contribution in [0.4, 0.5) is 5.69 Å². The molecule has 0 radical (unpaired) electrons. The molecule has 3 N–H and O–H groups in total. The molecule has 1 aromatic carbocycles. The SMILES string of the molecule is COc1ccc(CC(C)N)cc1NC(C)=O. The number of benzene rings is 1. The summed E-state index contributed by atoms with van der Waals surface area (Å²) in [5.74, 6) is 0.542. The molecule has 0 aliphatic carbocycles. The average Bonchev–Trinajstić information content (AvgIpc) is 2.16. The number of rotatable bonds is 4. The van der Waals surface area contributed by atoms with Crippen molar-refractivity contribution in [3.63, 3.8) is 0 Å². The molecular formula is C12H18N2O2. The summed E-state index contributed by atoms with van der Waals surface area (Å²) in [4.78, 5) is 11.0. The van der Waals surface area contributed by atoms with Gasteiger partial charge in [-0.3, -0.25) is 4.79 Å². The molecular weight excluding hydrogens is 204 g/mol. The summed E-state index contributed by atoms with van der Waals surface area (Å²) in [5.41, 5.74) is 7.50. The van der Waals surface area contributed by atoms with Crippen LogP contribution in [0.15, 0.2) is 18.2 Å². The highest BCUT2D eigenvalue weighted by Gasteiger charge is 2.06. The summed E-state index contributed by atoms with van der Waals surface area (Å²) in [6, 6.07) is 5.78. The Morgan fingerprint density at radius 3 is 2.75 bits per heavy atom. The Labute approximate surface area is 95.8 Å². The van der Waals surface area contributed by atoms with E-state index in [0.717, 1.165) is 12.0 Å². The van der Waals surface area contributed by atoms with Crippen LogP contribution < -0.4 is 15.8 Å². The molecule has 16 heavy (non-hydrogen) atoms. The molecule has 0 aromatic heterocycles. The molecule has 1 amide bonds. The summed E-state index contributed by atoms with van der Waals surface area (Å²) in [6.45, 7) is 3.42. The number of hydrogen-bond acceptors (Lipinski definition) is 3. The van der Waals surface area contributed by atoms with Gasteiger partial charge in [0.15, 0.2) is 0 Å². The van der Waals surface area contributed by atoms with Crippen molar-refractivity contribution < 1.29 is 9.53 Å². The number of carbonyl (C=O) groups excluding carboxylic acids is 1. The third-order valence-electron chi connectivity index (χ3n) is 2.13. The van der Waals surface area contributed by atoms with Crippen LogP contribution >= 0.6 is 0 Å². The van der Waals surface area contributed by atoms with E-state index in [9.17, 15) is 4.79 Å². The summed E-state index contributed by atoms with van der Waals surface area (Å²) in [5, 5.41) is 2.73. The molecule has 0 heterocycles. The van der Waals surface area contributed by atoms with E-state index < -0.39 is 0 Å². The number of hydrogen-bond donors (Lipinski definition) is 2. The summed E-state index contributed by atoms with van der Waals surface area (Å²) in [7, 11) is 1.58. The van der Waals surface area contributed by atoms with Gasteiger partial charge in [0, 0.05) is 13.0 Å². The van der Waals surface area contributed by atoms with Crippen LogP contribution in [-0.2, 0) is 11.2 Å². The van der Waals surface area contributed by atoms with Crippen molar-refractivity contribution >= 4 is 11.6 Å². The minimum Gasteiger partial charge on any atom is -0.495 e. The Hall–Kier alpha value is -1.55. The van der Waals surface area contributed by atoms with Gasteiger partial charge in [0.05, 0.1) is 12.8 Å². The smallest absolute Gasteiger partial charge is 0.221 e. The maximum atomic E-state index is 11.0. The summed E-state index contributed by atoms with van der Waals surface area (Å²) in [6.07, 6.45) is 0.774. The number of nitrogens with two attached hydrogens (primary N) is 1. The van der Waals surface area contributed by atoms with Crippen LogP contribution in [0, 0.1) is 0 Å². The molecule has 88 valence electrons. The normalized spacial score (nSPS) is 12.0. The lowest BCUT2D eigenvalue weighted by atomic mass is 10.1. The van der Waals surface area contributed by atoms with Crippen LogP contribution in [0.5, 0.6) is 5.75 Å². The predicted octanol–water partition coefficient (Wildman–Crippen LogP) is 1.54. The van der Waals surface area contributed by atoms with Gasteiger partial charge in [-0.1, -0.05) is 6.07 Å². The first kappa shape index (κ1) is 12.5. The van der Waals surface area contributed by atoms with Gasteiger partial charge >= 0.3 is 0 Å². The zero-order chi connectivity index (χ0) is 12.1. The summed E-state index contributed by atoms with van der Waals surface area (Å²) < 4.78 is 5.16. The van der Waals surface area contributed by atoms with Gasteiger partial charge in [0.1, 0.15) is 5.75 Å². The van der Waals surface area contributed by atoms with E-state index in [2.05, 4.69) is 5.32 Å². The largest absolute Gasteiger partial charge is 0.495 e. The molecule has 1 aromatic rings. The second kappa shape index (κ2) is 5.51. The fraction of sp³-hybridized carbons (Fsp3) is 0.417. The van der Waals surface area contributed by atoms with Crippen molar-refractivity contribution in [2.24, 2.45) is 5.73 Å². The molecule has 0 bridgehead atoms. The lowest BCUT2D eigenvalue weighted by molar-refractivity contribution is -0.114. The first-order valence-corrected chi connectivity index (χ1v) is 5.23. The Bertz CT molecular complexity index is 375. The standard InChI is InChI=1S/C12H18N2O2/c1-8(13)6-10-4-5-12(16-3)11(7-10)14-9(2)15/h4-5,7-8H,6,13H2,1-3H3,(H,14,15). The number of amides is 1. The maximum Gasteiger partial charge on any atom is 0.221 e. The zero-order valence-corrected chi connectivity index (χ0v) is 9.91. The van der Waals surface area contributed by atoms with E-state index in [-0.39, 0.29) is 11.9 Å². The van der Waals surface area contributed by atoms with Crippen LogP contribution in [0.2, 0.25) is 0 Å². The van der Waals surface area contributed by atoms with Gasteiger partial charge in [-0.2, -0.15) is 0 Å². The molecule has 0 aliphatic heterocycles. The monoisotopic (exact) mass is 222 g/mol. The van der Waals surface area contributed by atoms with E-state index in [1.807, 2.05) is 25.1 Å². The van der Waals surface area contributed by atoms with Crippen LogP contribution in [0.1, 0.15) is 19.4 Å². The molecule has 4 heteroatoms. The van der Waals surface area contributed by atoms with Crippen molar-refractivity contribution in [2.75, 3.05) is 12.4 Å². The van der Waals surface area contributed by atoms with Gasteiger partial charge in [-0.25, -0.2) is 0 Å². The van der Waals surface area contributed by atoms with Crippen molar-refractivity contribution in [1.29, 1.82) is 0 Å². The van der Waals surface area contributed by atoms with Gasteiger partial charge in [-0.15, -0.1) is 0 Å².